The number of amides is 2. The van der Waals surface area contributed by atoms with Gasteiger partial charge in [-0.25, -0.2) is 22.6 Å². The van der Waals surface area contributed by atoms with Gasteiger partial charge in [0.2, 0.25) is 5.88 Å². The lowest BCUT2D eigenvalue weighted by atomic mass is 9.98. The second kappa shape index (κ2) is 6.76. The van der Waals surface area contributed by atoms with Crippen molar-refractivity contribution in [2.45, 2.75) is 62.8 Å². The third-order valence-electron chi connectivity index (χ3n) is 6.16. The maximum atomic E-state index is 12.8. The fourth-order valence-corrected chi connectivity index (χ4v) is 5.74. The van der Waals surface area contributed by atoms with Gasteiger partial charge in [0.1, 0.15) is 0 Å². The summed E-state index contributed by atoms with van der Waals surface area (Å²) in [5, 5.41) is 6.90. The molecule has 0 bridgehead atoms. The first kappa shape index (κ1) is 18.5. The summed E-state index contributed by atoms with van der Waals surface area (Å²) in [6.45, 7) is 2.37. The van der Waals surface area contributed by atoms with Crippen molar-refractivity contribution in [1.29, 1.82) is 0 Å². The van der Waals surface area contributed by atoms with Crippen molar-refractivity contribution in [3.8, 4) is 5.88 Å². The van der Waals surface area contributed by atoms with Crippen molar-refractivity contribution < 1.29 is 17.9 Å². The standard InChI is InChI=1S/C20H24N4O4S/c1-12-8-9-28-19-18(11-21-24(12)19)29(26,27)23-20(25)22-17-10-13-4-2-5-14(13)15-6-3-7-16(15)17/h10-12H,2-9H2,1H3,(H2,22,23,25). The number of hydrogen-bond donors (Lipinski definition) is 2. The van der Waals surface area contributed by atoms with Gasteiger partial charge in [-0.2, -0.15) is 5.10 Å². The highest BCUT2D eigenvalue weighted by Gasteiger charge is 2.31. The van der Waals surface area contributed by atoms with Gasteiger partial charge in [-0.3, -0.25) is 0 Å². The summed E-state index contributed by atoms with van der Waals surface area (Å²) < 4.78 is 34.8. The van der Waals surface area contributed by atoms with Crippen molar-refractivity contribution >= 4 is 21.7 Å². The maximum absolute atomic E-state index is 12.8. The fourth-order valence-electron chi connectivity index (χ4n) is 4.76. The van der Waals surface area contributed by atoms with Gasteiger partial charge < -0.3 is 10.1 Å². The predicted octanol–water partition coefficient (Wildman–Crippen LogP) is 2.71. The molecule has 2 aromatic rings. The summed E-state index contributed by atoms with van der Waals surface area (Å²) >= 11 is 0. The minimum absolute atomic E-state index is 0.0468. The van der Waals surface area contributed by atoms with Gasteiger partial charge in [-0.1, -0.05) is 0 Å². The van der Waals surface area contributed by atoms with Crippen LogP contribution in [0.3, 0.4) is 0 Å². The normalized spacial score (nSPS) is 19.8. The number of aryl methyl sites for hydroxylation is 1. The number of nitrogens with one attached hydrogen (secondary N) is 2. The summed E-state index contributed by atoms with van der Waals surface area (Å²) in [4.78, 5) is 12.5. The first-order valence-electron chi connectivity index (χ1n) is 10.1. The summed E-state index contributed by atoms with van der Waals surface area (Å²) in [5.74, 6) is 0.183. The second-order valence-electron chi connectivity index (χ2n) is 8.03. The molecule has 1 aromatic carbocycles. The monoisotopic (exact) mass is 416 g/mol. The molecular weight excluding hydrogens is 392 g/mol. The van der Waals surface area contributed by atoms with Crippen LogP contribution in [0.1, 0.15) is 54.5 Å². The lowest BCUT2D eigenvalue weighted by Gasteiger charge is -2.22. The molecule has 8 nitrogen and oxygen atoms in total. The van der Waals surface area contributed by atoms with Crippen molar-refractivity contribution in [3.05, 3.63) is 34.5 Å². The minimum atomic E-state index is -4.10. The summed E-state index contributed by atoms with van der Waals surface area (Å²) in [7, 11) is -4.10. The van der Waals surface area contributed by atoms with Gasteiger partial charge in [0.05, 0.1) is 18.8 Å². The van der Waals surface area contributed by atoms with Gasteiger partial charge in [-0.05, 0) is 73.8 Å². The Kier molecular flexibility index (Phi) is 4.31. The Morgan fingerprint density at radius 2 is 1.93 bits per heavy atom. The summed E-state index contributed by atoms with van der Waals surface area (Å²) in [6.07, 6.45) is 8.25. The van der Waals surface area contributed by atoms with Gasteiger partial charge in [0, 0.05) is 12.1 Å². The average Bonchev–Trinajstić information content (AvgIpc) is 3.40. The number of ether oxygens (including phenoxy) is 1. The van der Waals surface area contributed by atoms with Crippen LogP contribution in [0.2, 0.25) is 0 Å². The predicted molar refractivity (Wildman–Crippen MR) is 107 cm³/mol. The molecule has 2 amide bonds. The molecule has 9 heteroatoms. The third kappa shape index (κ3) is 3.08. The maximum Gasteiger partial charge on any atom is 0.333 e. The molecular formula is C20H24N4O4S. The van der Waals surface area contributed by atoms with Crippen LogP contribution in [0.4, 0.5) is 10.5 Å². The van der Waals surface area contributed by atoms with E-state index in [1.165, 1.54) is 22.9 Å². The molecule has 0 saturated carbocycles. The third-order valence-corrected chi connectivity index (χ3v) is 7.47. The molecule has 2 aliphatic carbocycles. The highest BCUT2D eigenvalue weighted by atomic mass is 32.2. The van der Waals surface area contributed by atoms with Crippen LogP contribution in [-0.2, 0) is 35.7 Å². The van der Waals surface area contributed by atoms with E-state index in [-0.39, 0.29) is 16.8 Å². The van der Waals surface area contributed by atoms with Crippen LogP contribution >= 0.6 is 0 Å². The number of carbonyl (C=O) groups is 1. The smallest absolute Gasteiger partial charge is 0.333 e. The molecule has 0 radical (unpaired) electrons. The molecule has 1 atom stereocenters. The molecule has 5 rings (SSSR count). The number of hydrogen-bond acceptors (Lipinski definition) is 5. The van der Waals surface area contributed by atoms with E-state index in [2.05, 4.69) is 15.1 Å². The van der Waals surface area contributed by atoms with E-state index in [4.69, 9.17) is 4.74 Å². The second-order valence-corrected chi connectivity index (χ2v) is 9.68. The molecule has 0 fully saturated rings. The number of carbonyl (C=O) groups excluding carboxylic acids is 1. The molecule has 29 heavy (non-hydrogen) atoms. The zero-order valence-electron chi connectivity index (χ0n) is 16.3. The van der Waals surface area contributed by atoms with E-state index >= 15 is 0 Å². The number of nitrogens with zero attached hydrogens (tertiary/aromatic N) is 2. The number of anilines is 1. The van der Waals surface area contributed by atoms with Crippen molar-refractivity contribution in [2.75, 3.05) is 11.9 Å². The number of aromatic nitrogens is 2. The molecule has 0 saturated heterocycles. The molecule has 1 unspecified atom stereocenters. The van der Waals surface area contributed by atoms with Gasteiger partial charge in [0.15, 0.2) is 4.90 Å². The topological polar surface area (TPSA) is 102 Å². The largest absolute Gasteiger partial charge is 0.477 e. The lowest BCUT2D eigenvalue weighted by molar-refractivity contribution is 0.196. The average molecular weight is 417 g/mol. The van der Waals surface area contributed by atoms with Crippen LogP contribution in [0.25, 0.3) is 0 Å². The number of sulfonamides is 1. The number of benzene rings is 1. The number of urea groups is 1. The Bertz CT molecular complexity index is 1110. The molecule has 3 aliphatic rings. The Hall–Kier alpha value is -2.55. The molecule has 1 aliphatic heterocycles. The van der Waals surface area contributed by atoms with E-state index in [1.807, 2.05) is 13.0 Å². The van der Waals surface area contributed by atoms with E-state index in [9.17, 15) is 13.2 Å². The van der Waals surface area contributed by atoms with Crippen molar-refractivity contribution in [3.63, 3.8) is 0 Å². The Labute approximate surface area is 169 Å². The van der Waals surface area contributed by atoms with Gasteiger partial charge in [-0.15, -0.1) is 0 Å². The Morgan fingerprint density at radius 3 is 2.79 bits per heavy atom. The first-order chi connectivity index (χ1) is 13.9. The summed E-state index contributed by atoms with van der Waals surface area (Å²) in [5.41, 5.74) is 5.95. The SMILES string of the molecule is CC1CCOc2c(S(=O)(=O)NC(=O)Nc3cc4c(c5c3CCC5)CCC4)cnn21. The fraction of sp³-hybridized carbons (Fsp3) is 0.500. The minimum Gasteiger partial charge on any atom is -0.477 e. The zero-order chi connectivity index (χ0) is 20.2. The van der Waals surface area contributed by atoms with Crippen LogP contribution < -0.4 is 14.8 Å². The van der Waals surface area contributed by atoms with Crippen molar-refractivity contribution in [1.82, 2.24) is 14.5 Å². The van der Waals surface area contributed by atoms with Crippen LogP contribution in [0, 0.1) is 0 Å². The zero-order valence-corrected chi connectivity index (χ0v) is 17.1. The highest BCUT2D eigenvalue weighted by Crippen LogP contribution is 2.38. The van der Waals surface area contributed by atoms with E-state index < -0.39 is 16.1 Å². The Morgan fingerprint density at radius 1 is 1.17 bits per heavy atom. The Balaban J connectivity index is 1.39. The number of rotatable bonds is 3. The highest BCUT2D eigenvalue weighted by molar-refractivity contribution is 7.90. The number of fused-ring (bicyclic) bond motifs is 4. The van der Waals surface area contributed by atoms with Crippen LogP contribution in [0.15, 0.2) is 17.2 Å². The van der Waals surface area contributed by atoms with E-state index in [1.54, 1.807) is 4.68 Å². The van der Waals surface area contributed by atoms with Crippen molar-refractivity contribution in [2.24, 2.45) is 0 Å². The quantitative estimate of drug-likeness (QED) is 0.801. The molecule has 154 valence electrons. The molecule has 0 spiro atoms. The molecule has 1 aromatic heterocycles. The van der Waals surface area contributed by atoms with Gasteiger partial charge in [0.25, 0.3) is 10.0 Å². The van der Waals surface area contributed by atoms with Gasteiger partial charge >= 0.3 is 6.03 Å². The molecule has 2 N–H and O–H groups in total. The first-order valence-corrected chi connectivity index (χ1v) is 11.6. The lowest BCUT2D eigenvalue weighted by Crippen LogP contribution is -2.35. The van der Waals surface area contributed by atoms with Crippen LogP contribution in [-0.4, -0.2) is 30.8 Å². The van der Waals surface area contributed by atoms with E-state index in [0.717, 1.165) is 56.2 Å². The molecule has 2 heterocycles. The van der Waals surface area contributed by atoms with E-state index in [0.29, 0.717) is 6.61 Å². The summed E-state index contributed by atoms with van der Waals surface area (Å²) in [6, 6.07) is 1.30. The van der Waals surface area contributed by atoms with Crippen LogP contribution in [0.5, 0.6) is 5.88 Å².